The fourth-order valence-corrected chi connectivity index (χ4v) is 0.743. The van der Waals surface area contributed by atoms with Gasteiger partial charge in [-0.15, -0.1) is 0 Å². The minimum atomic E-state index is -1.30. The van der Waals surface area contributed by atoms with Crippen LogP contribution < -0.4 is 5.32 Å². The van der Waals surface area contributed by atoms with Crippen molar-refractivity contribution < 1.29 is 24.2 Å². The summed E-state index contributed by atoms with van der Waals surface area (Å²) in [4.78, 5) is 20.9. The van der Waals surface area contributed by atoms with E-state index in [4.69, 9.17) is 9.84 Å². The van der Waals surface area contributed by atoms with Crippen LogP contribution in [0.5, 0.6) is 0 Å². The Morgan fingerprint density at radius 2 is 2.07 bits per heavy atom. The predicted octanol–water partition coefficient (Wildman–Crippen LogP) is 0.224. The van der Waals surface area contributed by atoms with Gasteiger partial charge in [0.15, 0.2) is 0 Å². The molecule has 0 aromatic rings. The Kier molecular flexibility index (Phi) is 7.53. The van der Waals surface area contributed by atoms with Gasteiger partial charge in [-0.3, -0.25) is 4.79 Å². The van der Waals surface area contributed by atoms with Crippen molar-refractivity contribution in [3.8, 4) is 0 Å². The Morgan fingerprint density at radius 1 is 1.36 bits per heavy atom. The lowest BCUT2D eigenvalue weighted by molar-refractivity contribution is -0.121. The summed E-state index contributed by atoms with van der Waals surface area (Å²) in [5, 5.41) is 10.7. The Bertz CT molecular complexity index is 183. The fraction of sp³-hybridized carbons (Fsp3) is 0.750. The average Bonchev–Trinajstić information content (AvgIpc) is 2.13. The number of hydrogen-bond acceptors (Lipinski definition) is 4. The number of amides is 1. The molecule has 0 fully saturated rings. The molecule has 82 valence electrons. The number of methoxy groups -OCH3 is 1. The molecule has 0 aliphatic carbocycles. The topological polar surface area (TPSA) is 84.9 Å². The number of nitrogens with one attached hydrogen (secondary N) is 1. The molecule has 0 radical (unpaired) electrons. The molecule has 0 aromatic heterocycles. The van der Waals surface area contributed by atoms with Crippen LogP contribution in [0.25, 0.3) is 0 Å². The van der Waals surface area contributed by atoms with Gasteiger partial charge in [-0.25, -0.2) is 4.79 Å². The molecular weight excluding hydrogens is 190 g/mol. The summed E-state index contributed by atoms with van der Waals surface area (Å²) in [7, 11) is 1.52. The predicted molar refractivity (Wildman–Crippen MR) is 48.1 cm³/mol. The van der Waals surface area contributed by atoms with E-state index in [0.717, 1.165) is 0 Å². The molecule has 1 amide bonds. The van der Waals surface area contributed by atoms with E-state index < -0.39 is 6.16 Å². The van der Waals surface area contributed by atoms with Crippen LogP contribution in [0.2, 0.25) is 0 Å². The van der Waals surface area contributed by atoms with E-state index in [1.54, 1.807) is 0 Å². The second-order valence-electron chi connectivity index (χ2n) is 2.56. The average molecular weight is 205 g/mol. The molecule has 0 atom stereocenters. The summed E-state index contributed by atoms with van der Waals surface area (Å²) in [6.45, 7) is 0.896. The summed E-state index contributed by atoms with van der Waals surface area (Å²) < 4.78 is 8.95. The van der Waals surface area contributed by atoms with E-state index in [1.165, 1.54) is 7.11 Å². The van der Waals surface area contributed by atoms with E-state index in [2.05, 4.69) is 10.1 Å². The van der Waals surface area contributed by atoms with Crippen molar-refractivity contribution in [1.82, 2.24) is 5.32 Å². The van der Waals surface area contributed by atoms with E-state index in [1.807, 2.05) is 0 Å². The molecule has 0 aliphatic rings. The molecule has 0 aliphatic heterocycles. The fourth-order valence-electron chi connectivity index (χ4n) is 0.743. The van der Waals surface area contributed by atoms with Crippen LogP contribution >= 0.6 is 0 Å². The number of carbonyl (C=O) groups is 2. The molecular formula is C8H15NO5. The smallest absolute Gasteiger partial charge is 0.450 e. The summed E-state index contributed by atoms with van der Waals surface area (Å²) in [5.74, 6) is -0.109. The van der Waals surface area contributed by atoms with Crippen LogP contribution in [0.4, 0.5) is 4.79 Å². The monoisotopic (exact) mass is 205 g/mol. The molecule has 0 saturated carbocycles. The summed E-state index contributed by atoms with van der Waals surface area (Å²) in [6, 6.07) is 0. The summed E-state index contributed by atoms with van der Waals surface area (Å²) >= 11 is 0. The van der Waals surface area contributed by atoms with Crippen molar-refractivity contribution in [2.75, 3.05) is 26.9 Å². The third kappa shape index (κ3) is 8.79. The first-order valence-corrected chi connectivity index (χ1v) is 4.28. The molecule has 0 bridgehead atoms. The highest BCUT2D eigenvalue weighted by Crippen LogP contribution is 1.84. The number of ether oxygens (including phenoxy) is 2. The van der Waals surface area contributed by atoms with Gasteiger partial charge < -0.3 is 19.9 Å². The second kappa shape index (κ2) is 8.31. The second-order valence-corrected chi connectivity index (χ2v) is 2.56. The van der Waals surface area contributed by atoms with E-state index in [0.29, 0.717) is 26.0 Å². The molecule has 14 heavy (non-hydrogen) atoms. The van der Waals surface area contributed by atoms with Gasteiger partial charge >= 0.3 is 6.16 Å². The van der Waals surface area contributed by atoms with E-state index >= 15 is 0 Å². The Morgan fingerprint density at radius 3 is 2.64 bits per heavy atom. The zero-order valence-electron chi connectivity index (χ0n) is 8.12. The van der Waals surface area contributed by atoms with Crippen LogP contribution in [0, 0.1) is 0 Å². The SMILES string of the molecule is COCCC(=O)NCCCOC(=O)O. The van der Waals surface area contributed by atoms with E-state index in [9.17, 15) is 9.59 Å². The van der Waals surface area contributed by atoms with Crippen LogP contribution in [0.1, 0.15) is 12.8 Å². The molecule has 0 heterocycles. The molecule has 0 aromatic carbocycles. The standard InChI is InChI=1S/C8H15NO5/c1-13-6-3-7(10)9-4-2-5-14-8(11)12/h2-6H2,1H3,(H,9,10)(H,11,12). The first-order valence-electron chi connectivity index (χ1n) is 4.28. The maximum Gasteiger partial charge on any atom is 0.505 e. The third-order valence-electron chi connectivity index (χ3n) is 1.40. The maximum absolute atomic E-state index is 11.0. The minimum absolute atomic E-state index is 0.0971. The Hall–Kier alpha value is -1.30. The number of carboxylic acid groups (broad SMARTS) is 1. The van der Waals surface area contributed by atoms with Gasteiger partial charge in [0.1, 0.15) is 0 Å². The largest absolute Gasteiger partial charge is 0.505 e. The zero-order valence-corrected chi connectivity index (χ0v) is 8.12. The van der Waals surface area contributed by atoms with Gasteiger partial charge in [0.25, 0.3) is 0 Å². The highest BCUT2D eigenvalue weighted by molar-refractivity contribution is 5.75. The lowest BCUT2D eigenvalue weighted by atomic mass is 10.4. The third-order valence-corrected chi connectivity index (χ3v) is 1.40. The van der Waals surface area contributed by atoms with Crippen molar-refractivity contribution in [3.63, 3.8) is 0 Å². The molecule has 2 N–H and O–H groups in total. The van der Waals surface area contributed by atoms with Gasteiger partial charge in [-0.05, 0) is 6.42 Å². The van der Waals surface area contributed by atoms with Gasteiger partial charge in [-0.2, -0.15) is 0 Å². The van der Waals surface area contributed by atoms with Crippen molar-refractivity contribution in [1.29, 1.82) is 0 Å². The van der Waals surface area contributed by atoms with E-state index in [-0.39, 0.29) is 12.5 Å². The lowest BCUT2D eigenvalue weighted by Gasteiger charge is -2.04. The molecule has 6 heteroatoms. The lowest BCUT2D eigenvalue weighted by Crippen LogP contribution is -2.26. The van der Waals surface area contributed by atoms with Crippen molar-refractivity contribution in [3.05, 3.63) is 0 Å². The van der Waals surface area contributed by atoms with Crippen LogP contribution in [0.15, 0.2) is 0 Å². The van der Waals surface area contributed by atoms with Gasteiger partial charge in [0.2, 0.25) is 5.91 Å². The van der Waals surface area contributed by atoms with Crippen LogP contribution in [0.3, 0.4) is 0 Å². The van der Waals surface area contributed by atoms with Crippen LogP contribution in [-0.2, 0) is 14.3 Å². The normalized spacial score (nSPS) is 9.50. The van der Waals surface area contributed by atoms with Crippen molar-refractivity contribution in [2.24, 2.45) is 0 Å². The first-order chi connectivity index (χ1) is 6.66. The number of carbonyl (C=O) groups excluding carboxylic acids is 1. The van der Waals surface area contributed by atoms with Gasteiger partial charge in [-0.1, -0.05) is 0 Å². The van der Waals surface area contributed by atoms with Gasteiger partial charge in [0, 0.05) is 20.1 Å². The Labute approximate surface area is 82.2 Å². The molecule has 0 saturated heterocycles. The number of rotatable bonds is 7. The summed E-state index contributed by atoms with van der Waals surface area (Å²) in [5.41, 5.74) is 0. The highest BCUT2D eigenvalue weighted by atomic mass is 16.7. The quantitative estimate of drug-likeness (QED) is 0.459. The molecule has 6 nitrogen and oxygen atoms in total. The minimum Gasteiger partial charge on any atom is -0.450 e. The number of hydrogen-bond donors (Lipinski definition) is 2. The zero-order chi connectivity index (χ0) is 10.8. The summed E-state index contributed by atoms with van der Waals surface area (Å²) in [6.07, 6.45) is -0.503. The highest BCUT2D eigenvalue weighted by Gasteiger charge is 2.00. The first kappa shape index (κ1) is 12.7. The Balaban J connectivity index is 3.19. The van der Waals surface area contributed by atoms with Crippen LogP contribution in [-0.4, -0.2) is 44.0 Å². The molecule has 0 spiro atoms. The van der Waals surface area contributed by atoms with Gasteiger partial charge in [0.05, 0.1) is 13.2 Å². The molecule has 0 unspecified atom stereocenters. The van der Waals surface area contributed by atoms with Crippen molar-refractivity contribution >= 4 is 12.1 Å². The molecule has 0 rings (SSSR count). The maximum atomic E-state index is 11.0. The van der Waals surface area contributed by atoms with Crippen molar-refractivity contribution in [2.45, 2.75) is 12.8 Å².